The largest absolute Gasteiger partial charge is 0.495 e. The van der Waals surface area contributed by atoms with E-state index in [-0.39, 0.29) is 12.2 Å². The van der Waals surface area contributed by atoms with E-state index in [0.29, 0.717) is 30.7 Å². The van der Waals surface area contributed by atoms with Crippen molar-refractivity contribution in [2.75, 3.05) is 54.7 Å². The molecular weight excluding hydrogens is 653 g/mol. The van der Waals surface area contributed by atoms with Crippen LogP contribution in [0, 0.1) is 13.8 Å². The molecule has 2 unspecified atom stereocenters. The number of benzene rings is 4. The zero-order valence-corrected chi connectivity index (χ0v) is 29.8. The number of para-hydroxylation sites is 1. The minimum absolute atomic E-state index is 0.160. The standard InChI is InChI=1S/C41H44N8O3/c1-25-12-13-26(2)36(20-25)47-41-45-34-16-14-27(21-32(34)39(49-41)43-24-30-9-7-19-52-30)28-15-17-35(37(22-28)50-3)46-40-44-33-11-5-4-10-31(33)38(48-40)42-23-29-8-6-18-51-29/h4-5,10-17,20-22,29-30H,6-9,18-19,23-24H2,1-3H3,(H2,42,44,46,48)(H2,43,45,47,49). The molecule has 11 heteroatoms. The molecule has 8 rings (SSSR count). The van der Waals surface area contributed by atoms with Gasteiger partial charge in [-0.2, -0.15) is 9.97 Å². The second-order valence-corrected chi connectivity index (χ2v) is 13.6. The first-order valence-corrected chi connectivity index (χ1v) is 18.1. The number of nitrogens with zero attached hydrogens (tertiary/aromatic N) is 4. The minimum atomic E-state index is 0.160. The van der Waals surface area contributed by atoms with Gasteiger partial charge in [0.05, 0.1) is 36.0 Å². The van der Waals surface area contributed by atoms with Gasteiger partial charge in [-0.15, -0.1) is 0 Å². The van der Waals surface area contributed by atoms with Crippen LogP contribution in [0.5, 0.6) is 5.75 Å². The van der Waals surface area contributed by atoms with Crippen molar-refractivity contribution in [1.82, 2.24) is 19.9 Å². The van der Waals surface area contributed by atoms with E-state index in [1.807, 2.05) is 42.5 Å². The number of hydrogen-bond donors (Lipinski definition) is 4. The third-order valence-electron chi connectivity index (χ3n) is 9.76. The van der Waals surface area contributed by atoms with Crippen LogP contribution in [0.4, 0.5) is 34.9 Å². The fourth-order valence-electron chi connectivity index (χ4n) is 6.88. The smallest absolute Gasteiger partial charge is 0.229 e. The molecule has 0 bridgehead atoms. The molecule has 6 aromatic rings. The van der Waals surface area contributed by atoms with E-state index in [1.165, 1.54) is 5.56 Å². The highest BCUT2D eigenvalue weighted by atomic mass is 16.5. The summed E-state index contributed by atoms with van der Waals surface area (Å²) in [5, 5.41) is 15.8. The molecule has 0 aliphatic carbocycles. The van der Waals surface area contributed by atoms with Crippen molar-refractivity contribution in [3.8, 4) is 16.9 Å². The number of aryl methyl sites for hydroxylation is 2. The monoisotopic (exact) mass is 696 g/mol. The third-order valence-corrected chi connectivity index (χ3v) is 9.76. The van der Waals surface area contributed by atoms with E-state index >= 15 is 0 Å². The number of aromatic nitrogens is 4. The van der Waals surface area contributed by atoms with Crippen molar-refractivity contribution in [1.29, 1.82) is 0 Å². The summed E-state index contributed by atoms with van der Waals surface area (Å²) in [7, 11) is 1.67. The lowest BCUT2D eigenvalue weighted by Crippen LogP contribution is -2.19. The number of rotatable bonds is 12. The second-order valence-electron chi connectivity index (χ2n) is 13.6. The topological polar surface area (TPSA) is 127 Å². The molecule has 4 aromatic carbocycles. The van der Waals surface area contributed by atoms with E-state index in [2.05, 4.69) is 71.5 Å². The second kappa shape index (κ2) is 15.0. The Balaban J connectivity index is 1.09. The Hall–Kier alpha value is -5.52. The van der Waals surface area contributed by atoms with Crippen molar-refractivity contribution in [3.63, 3.8) is 0 Å². The van der Waals surface area contributed by atoms with Crippen LogP contribution < -0.4 is 26.0 Å². The van der Waals surface area contributed by atoms with Gasteiger partial charge in [0.1, 0.15) is 17.4 Å². The molecule has 0 spiro atoms. The van der Waals surface area contributed by atoms with Crippen molar-refractivity contribution in [2.45, 2.75) is 51.7 Å². The van der Waals surface area contributed by atoms with Crippen LogP contribution in [0.3, 0.4) is 0 Å². The molecule has 2 aromatic heterocycles. The Morgan fingerprint density at radius 1 is 0.654 bits per heavy atom. The average molecular weight is 697 g/mol. The summed E-state index contributed by atoms with van der Waals surface area (Å²) in [4.78, 5) is 19.6. The van der Waals surface area contributed by atoms with Gasteiger partial charge in [-0.3, -0.25) is 0 Å². The highest BCUT2D eigenvalue weighted by Gasteiger charge is 2.19. The van der Waals surface area contributed by atoms with Gasteiger partial charge in [0.2, 0.25) is 11.9 Å². The summed E-state index contributed by atoms with van der Waals surface area (Å²) < 4.78 is 17.6. The molecule has 0 amide bonds. The Morgan fingerprint density at radius 2 is 1.29 bits per heavy atom. The van der Waals surface area contributed by atoms with Crippen LogP contribution in [-0.4, -0.2) is 65.6 Å². The third kappa shape index (κ3) is 7.42. The van der Waals surface area contributed by atoms with Crippen molar-refractivity contribution < 1.29 is 14.2 Å². The number of fused-ring (bicyclic) bond motifs is 2. The first kappa shape index (κ1) is 33.6. The molecule has 0 saturated carbocycles. The number of nitrogens with one attached hydrogen (secondary N) is 4. The lowest BCUT2D eigenvalue weighted by Gasteiger charge is -2.17. The van der Waals surface area contributed by atoms with Crippen molar-refractivity contribution >= 4 is 56.7 Å². The summed E-state index contributed by atoms with van der Waals surface area (Å²) in [5.74, 6) is 3.23. The molecule has 2 atom stereocenters. The first-order valence-electron chi connectivity index (χ1n) is 18.1. The van der Waals surface area contributed by atoms with Crippen molar-refractivity contribution in [2.24, 2.45) is 0 Å². The van der Waals surface area contributed by atoms with E-state index in [1.54, 1.807) is 7.11 Å². The SMILES string of the molecule is COc1cc(-c2ccc3nc(Nc4cc(C)ccc4C)nc(NCC4CCCO4)c3c2)ccc1Nc1nc(NCC2CCCO2)c2ccccc2n1. The fraction of sp³-hybridized carbons (Fsp3) is 0.317. The van der Waals surface area contributed by atoms with Gasteiger partial charge >= 0.3 is 0 Å². The molecule has 11 nitrogen and oxygen atoms in total. The van der Waals surface area contributed by atoms with Gasteiger partial charge in [0.15, 0.2) is 0 Å². The van der Waals surface area contributed by atoms with E-state index in [0.717, 1.165) is 100 Å². The molecule has 4 N–H and O–H groups in total. The summed E-state index contributed by atoms with van der Waals surface area (Å²) in [6.07, 6.45) is 4.60. The molecular formula is C41H44N8O3. The Bertz CT molecular complexity index is 2220. The van der Waals surface area contributed by atoms with Crippen LogP contribution >= 0.6 is 0 Å². The predicted octanol–water partition coefficient (Wildman–Crippen LogP) is 8.53. The van der Waals surface area contributed by atoms with Gasteiger partial charge in [0.25, 0.3) is 0 Å². The Morgan fingerprint density at radius 3 is 1.98 bits per heavy atom. The predicted molar refractivity (Wildman–Crippen MR) is 208 cm³/mol. The summed E-state index contributed by atoms with van der Waals surface area (Å²) >= 11 is 0. The van der Waals surface area contributed by atoms with Crippen molar-refractivity contribution in [3.05, 3.63) is 90.0 Å². The maximum absolute atomic E-state index is 5.92. The highest BCUT2D eigenvalue weighted by Crippen LogP contribution is 2.36. The molecule has 2 aliphatic heterocycles. The average Bonchev–Trinajstić information content (AvgIpc) is 3.90. The fourth-order valence-corrected chi connectivity index (χ4v) is 6.88. The lowest BCUT2D eigenvalue weighted by molar-refractivity contribution is 0.120. The Labute approximate surface area is 303 Å². The summed E-state index contributed by atoms with van der Waals surface area (Å²) in [5.41, 5.74) is 7.74. The molecule has 0 radical (unpaired) electrons. The van der Waals surface area contributed by atoms with Gasteiger partial charge in [-0.25, -0.2) is 9.97 Å². The summed E-state index contributed by atoms with van der Waals surface area (Å²) in [6.45, 7) is 7.15. The maximum atomic E-state index is 5.92. The number of methoxy groups -OCH3 is 1. The molecule has 2 fully saturated rings. The van der Waals surface area contributed by atoms with Crippen LogP contribution in [0.2, 0.25) is 0 Å². The maximum Gasteiger partial charge on any atom is 0.229 e. The molecule has 52 heavy (non-hydrogen) atoms. The normalized spacial score (nSPS) is 17.1. The number of anilines is 6. The summed E-state index contributed by atoms with van der Waals surface area (Å²) in [6, 6.07) is 26.7. The lowest BCUT2D eigenvalue weighted by atomic mass is 10.0. The minimum Gasteiger partial charge on any atom is -0.495 e. The van der Waals surface area contributed by atoms with E-state index in [4.69, 9.17) is 34.1 Å². The Kier molecular flexibility index (Phi) is 9.69. The zero-order valence-electron chi connectivity index (χ0n) is 29.8. The van der Waals surface area contributed by atoms with Gasteiger partial charge in [0, 0.05) is 42.8 Å². The van der Waals surface area contributed by atoms with Gasteiger partial charge < -0.3 is 35.5 Å². The zero-order chi connectivity index (χ0) is 35.4. The van der Waals surface area contributed by atoms with Gasteiger partial charge in [-0.1, -0.05) is 36.4 Å². The van der Waals surface area contributed by atoms with Crippen LogP contribution in [0.1, 0.15) is 36.8 Å². The highest BCUT2D eigenvalue weighted by molar-refractivity contribution is 5.94. The number of ether oxygens (including phenoxy) is 3. The van der Waals surface area contributed by atoms with Gasteiger partial charge in [-0.05, 0) is 104 Å². The quantitative estimate of drug-likeness (QED) is 0.0983. The first-order chi connectivity index (χ1) is 25.5. The van der Waals surface area contributed by atoms with E-state index in [9.17, 15) is 0 Å². The molecule has 2 aliphatic rings. The van der Waals surface area contributed by atoms with E-state index < -0.39 is 0 Å². The van der Waals surface area contributed by atoms with Crippen LogP contribution in [0.25, 0.3) is 32.9 Å². The molecule has 4 heterocycles. The molecule has 2 saturated heterocycles. The van der Waals surface area contributed by atoms with Crippen LogP contribution in [-0.2, 0) is 9.47 Å². The molecule has 266 valence electrons. The van der Waals surface area contributed by atoms with Crippen LogP contribution in [0.15, 0.2) is 78.9 Å². The number of hydrogen-bond acceptors (Lipinski definition) is 11.